The molecule has 2 aromatic heterocycles. The maximum absolute atomic E-state index is 14.2. The molecule has 1 saturated carbocycles. The number of carbonyl (C=O) groups is 2. The van der Waals surface area contributed by atoms with Crippen LogP contribution in [0.5, 0.6) is 0 Å². The van der Waals surface area contributed by atoms with Gasteiger partial charge in [0.15, 0.2) is 6.04 Å². The van der Waals surface area contributed by atoms with Gasteiger partial charge in [0, 0.05) is 23.3 Å². The van der Waals surface area contributed by atoms with Crippen molar-refractivity contribution >= 4 is 23.4 Å². The summed E-state index contributed by atoms with van der Waals surface area (Å²) in [6.07, 6.45) is 5.22. The number of nitrogens with one attached hydrogen (secondary N) is 2. The summed E-state index contributed by atoms with van der Waals surface area (Å²) in [4.78, 5) is 32.9. The van der Waals surface area contributed by atoms with Crippen molar-refractivity contribution in [1.29, 1.82) is 0 Å². The minimum Gasteiger partial charge on any atom is -0.464 e. The van der Waals surface area contributed by atoms with E-state index in [4.69, 9.17) is 16.0 Å². The predicted molar refractivity (Wildman–Crippen MR) is 149 cm³/mol. The van der Waals surface area contributed by atoms with E-state index in [9.17, 15) is 9.59 Å². The molecule has 1 aliphatic carbocycles. The second-order valence-corrected chi connectivity index (χ2v) is 10.3. The molecule has 6 nitrogen and oxygen atoms in total. The summed E-state index contributed by atoms with van der Waals surface area (Å²) >= 11 is 6.52. The maximum atomic E-state index is 14.2. The van der Waals surface area contributed by atoms with Gasteiger partial charge in [0.05, 0.1) is 0 Å². The first-order valence-electron chi connectivity index (χ1n) is 13.1. The molecule has 0 aliphatic heterocycles. The summed E-state index contributed by atoms with van der Waals surface area (Å²) in [7, 11) is 0. The van der Waals surface area contributed by atoms with Crippen LogP contribution in [-0.2, 0) is 11.3 Å². The number of aromatic nitrogens is 1. The molecule has 0 saturated heterocycles. The van der Waals surface area contributed by atoms with Crippen LogP contribution in [0, 0.1) is 6.92 Å². The maximum Gasteiger partial charge on any atom is 0.271 e. The van der Waals surface area contributed by atoms with Crippen molar-refractivity contribution < 1.29 is 14.0 Å². The molecule has 0 radical (unpaired) electrons. The number of hydrogen-bond acceptors (Lipinski definition) is 3. The number of rotatable bonds is 8. The van der Waals surface area contributed by atoms with Gasteiger partial charge in [-0.3, -0.25) is 9.59 Å². The van der Waals surface area contributed by atoms with Gasteiger partial charge in [-0.05, 0) is 61.2 Å². The van der Waals surface area contributed by atoms with E-state index >= 15 is 0 Å². The van der Waals surface area contributed by atoms with E-state index in [0.29, 0.717) is 22.2 Å². The van der Waals surface area contributed by atoms with Gasteiger partial charge in [-0.15, -0.1) is 0 Å². The quantitative estimate of drug-likeness (QED) is 0.256. The van der Waals surface area contributed by atoms with Gasteiger partial charge >= 0.3 is 0 Å². The largest absolute Gasteiger partial charge is 0.464 e. The number of hydrogen-bond donors (Lipinski definition) is 2. The molecule has 0 bridgehead atoms. The van der Waals surface area contributed by atoms with Gasteiger partial charge in [0.25, 0.3) is 11.8 Å². The highest BCUT2D eigenvalue weighted by Crippen LogP contribution is 2.30. The third kappa shape index (κ3) is 5.86. The fourth-order valence-electron chi connectivity index (χ4n) is 5.10. The van der Waals surface area contributed by atoms with Gasteiger partial charge in [-0.25, -0.2) is 0 Å². The zero-order valence-corrected chi connectivity index (χ0v) is 22.2. The van der Waals surface area contributed by atoms with Crippen LogP contribution in [0.3, 0.4) is 0 Å². The third-order valence-electron chi connectivity index (χ3n) is 7.10. The summed E-state index contributed by atoms with van der Waals surface area (Å²) in [5.41, 5.74) is 2.92. The summed E-state index contributed by atoms with van der Waals surface area (Å²) < 4.78 is 5.97. The second kappa shape index (κ2) is 11.7. The topological polar surface area (TPSA) is 78.3 Å². The molecule has 0 spiro atoms. The molecule has 2 N–H and O–H groups in total. The lowest BCUT2D eigenvalue weighted by Gasteiger charge is -2.32. The van der Waals surface area contributed by atoms with Gasteiger partial charge in [0.2, 0.25) is 0 Å². The number of nitrogens with zero attached hydrogens (tertiary/aromatic N) is 1. The first-order valence-corrected chi connectivity index (χ1v) is 13.5. The van der Waals surface area contributed by atoms with Crippen LogP contribution in [0.2, 0.25) is 5.02 Å². The number of aryl methyl sites for hydroxylation is 1. The second-order valence-electron chi connectivity index (χ2n) is 9.87. The molecule has 1 aliphatic rings. The lowest BCUT2D eigenvalue weighted by molar-refractivity contribution is -0.127. The van der Waals surface area contributed by atoms with Crippen LogP contribution >= 0.6 is 11.6 Å². The first kappa shape index (κ1) is 25.9. The molecule has 2 heterocycles. The monoisotopic (exact) mass is 529 g/mol. The Labute approximate surface area is 228 Å². The lowest BCUT2D eigenvalue weighted by Crippen LogP contribution is -2.46. The number of carbonyl (C=O) groups excluding carboxylic acids is 2. The standard InChI is InChI=1S/C31H32ClN3O3/c1-21-16-19-28(38-21)29(30(36)33-24-13-6-3-7-14-24)35(20-23-12-8-9-15-25(23)32)31(37)27-18-17-26(34-27)22-10-4-2-5-11-22/h2,4-5,8-12,15-19,24,29,34H,3,6-7,13-14,20H2,1H3,(H,33,36)/t29-/m1/s1. The Morgan fingerprint density at radius 3 is 2.42 bits per heavy atom. The Morgan fingerprint density at radius 2 is 1.71 bits per heavy atom. The molecule has 5 rings (SSSR count). The van der Waals surface area contributed by atoms with E-state index in [1.54, 1.807) is 23.1 Å². The fourth-order valence-corrected chi connectivity index (χ4v) is 5.30. The Bertz CT molecular complexity index is 1390. The van der Waals surface area contributed by atoms with Gasteiger partial charge in [-0.1, -0.05) is 79.4 Å². The fraction of sp³-hybridized carbons (Fsp3) is 0.290. The molecule has 196 valence electrons. The average Bonchev–Trinajstić information content (AvgIpc) is 3.60. The summed E-state index contributed by atoms with van der Waals surface area (Å²) in [6, 6.07) is 23.5. The molecular formula is C31H32ClN3O3. The van der Waals surface area contributed by atoms with Gasteiger partial charge < -0.3 is 19.6 Å². The SMILES string of the molecule is Cc1ccc([C@H](C(=O)NC2CCCCC2)N(Cc2ccccc2Cl)C(=O)c2ccc(-c3ccccc3)[nH]2)o1. The van der Waals surface area contributed by atoms with Crippen molar-refractivity contribution in [3.8, 4) is 11.3 Å². The first-order chi connectivity index (χ1) is 18.5. The van der Waals surface area contributed by atoms with Crippen molar-refractivity contribution in [2.24, 2.45) is 0 Å². The van der Waals surface area contributed by atoms with E-state index in [1.165, 1.54) is 6.42 Å². The minimum absolute atomic E-state index is 0.0854. The van der Waals surface area contributed by atoms with E-state index in [1.807, 2.05) is 67.6 Å². The van der Waals surface area contributed by atoms with Crippen molar-refractivity contribution in [2.45, 2.75) is 57.7 Å². The summed E-state index contributed by atoms with van der Waals surface area (Å²) in [5, 5.41) is 3.74. The Hall–Kier alpha value is -3.77. The highest BCUT2D eigenvalue weighted by molar-refractivity contribution is 6.31. The van der Waals surface area contributed by atoms with Crippen LogP contribution in [0.25, 0.3) is 11.3 Å². The molecule has 7 heteroatoms. The predicted octanol–water partition coefficient (Wildman–Crippen LogP) is 7.07. The number of H-pyrrole nitrogens is 1. The summed E-state index contributed by atoms with van der Waals surface area (Å²) in [5.74, 6) is 0.532. The highest BCUT2D eigenvalue weighted by atomic mass is 35.5. The number of benzene rings is 2. The number of aromatic amines is 1. The molecule has 1 atom stereocenters. The van der Waals surface area contributed by atoms with Crippen LogP contribution in [-0.4, -0.2) is 27.7 Å². The molecular weight excluding hydrogens is 498 g/mol. The molecule has 2 amide bonds. The molecule has 38 heavy (non-hydrogen) atoms. The lowest BCUT2D eigenvalue weighted by atomic mass is 9.95. The van der Waals surface area contributed by atoms with Gasteiger partial charge in [-0.2, -0.15) is 0 Å². The third-order valence-corrected chi connectivity index (χ3v) is 7.47. The highest BCUT2D eigenvalue weighted by Gasteiger charge is 2.36. The van der Waals surface area contributed by atoms with Gasteiger partial charge in [0.1, 0.15) is 17.2 Å². The Kier molecular flexibility index (Phi) is 7.99. The average molecular weight is 530 g/mol. The molecule has 0 unspecified atom stereocenters. The van der Waals surface area contributed by atoms with E-state index in [-0.39, 0.29) is 24.4 Å². The molecule has 2 aromatic carbocycles. The minimum atomic E-state index is -0.960. The van der Waals surface area contributed by atoms with Crippen molar-refractivity contribution in [3.05, 3.63) is 107 Å². The smallest absolute Gasteiger partial charge is 0.271 e. The van der Waals surface area contributed by atoms with Crippen molar-refractivity contribution in [2.75, 3.05) is 0 Å². The van der Waals surface area contributed by atoms with E-state index < -0.39 is 6.04 Å². The number of furan rings is 1. The van der Waals surface area contributed by atoms with Crippen LogP contribution in [0.15, 0.2) is 83.3 Å². The van der Waals surface area contributed by atoms with Crippen LogP contribution in [0.1, 0.15) is 65.7 Å². The summed E-state index contributed by atoms with van der Waals surface area (Å²) in [6.45, 7) is 1.97. The normalized spacial score (nSPS) is 14.7. The van der Waals surface area contributed by atoms with Crippen molar-refractivity contribution in [1.82, 2.24) is 15.2 Å². The van der Waals surface area contributed by atoms with Crippen molar-refractivity contribution in [3.63, 3.8) is 0 Å². The van der Waals surface area contributed by atoms with E-state index in [2.05, 4.69) is 10.3 Å². The Balaban J connectivity index is 1.53. The number of halogens is 1. The molecule has 4 aromatic rings. The zero-order chi connectivity index (χ0) is 26.5. The van der Waals surface area contributed by atoms with Crippen LogP contribution in [0.4, 0.5) is 0 Å². The zero-order valence-electron chi connectivity index (χ0n) is 21.5. The van der Waals surface area contributed by atoms with E-state index in [0.717, 1.165) is 42.5 Å². The number of amides is 2. The molecule has 1 fully saturated rings. The van der Waals surface area contributed by atoms with Crippen LogP contribution < -0.4 is 5.32 Å². The Morgan fingerprint density at radius 1 is 0.974 bits per heavy atom.